The molecule has 0 aliphatic carbocycles. The minimum absolute atomic E-state index is 0.0122. The van der Waals surface area contributed by atoms with Crippen LogP contribution in [0, 0.1) is 0 Å². The maximum atomic E-state index is 11.6. The predicted octanol–water partition coefficient (Wildman–Crippen LogP) is 0.361. The van der Waals surface area contributed by atoms with Crippen LogP contribution in [0.15, 0.2) is 12.7 Å². The zero-order valence-electron chi connectivity index (χ0n) is 10.3. The Morgan fingerprint density at radius 1 is 1.69 bits per heavy atom. The predicted molar refractivity (Wildman–Crippen MR) is 66.3 cm³/mol. The van der Waals surface area contributed by atoms with Crippen molar-refractivity contribution in [3.05, 3.63) is 12.7 Å². The molecule has 1 amide bonds. The van der Waals surface area contributed by atoms with Gasteiger partial charge in [0.15, 0.2) is 0 Å². The number of hydrogen-bond acceptors (Lipinski definition) is 3. The highest BCUT2D eigenvalue weighted by molar-refractivity contribution is 5.83. The van der Waals surface area contributed by atoms with Crippen molar-refractivity contribution in [2.24, 2.45) is 0 Å². The third-order valence-electron chi connectivity index (χ3n) is 3.28. The average molecular weight is 225 g/mol. The van der Waals surface area contributed by atoms with Crippen molar-refractivity contribution in [3.8, 4) is 0 Å². The molecule has 16 heavy (non-hydrogen) atoms. The Balaban J connectivity index is 2.19. The van der Waals surface area contributed by atoms with Crippen molar-refractivity contribution in [3.63, 3.8) is 0 Å². The Hall–Kier alpha value is -0.870. The lowest BCUT2D eigenvalue weighted by Gasteiger charge is -2.20. The molecule has 92 valence electrons. The summed E-state index contributed by atoms with van der Waals surface area (Å²) in [4.78, 5) is 14.0. The molecule has 4 nitrogen and oxygen atoms in total. The van der Waals surface area contributed by atoms with Gasteiger partial charge in [-0.3, -0.25) is 4.79 Å². The van der Waals surface area contributed by atoms with E-state index >= 15 is 0 Å². The normalized spacial score (nSPS) is 23.0. The van der Waals surface area contributed by atoms with Gasteiger partial charge < -0.3 is 15.5 Å². The first kappa shape index (κ1) is 13.2. The molecule has 4 heteroatoms. The van der Waals surface area contributed by atoms with E-state index in [1.807, 2.05) is 0 Å². The summed E-state index contributed by atoms with van der Waals surface area (Å²) in [6.45, 7) is 5.55. The van der Waals surface area contributed by atoms with Gasteiger partial charge in [-0.05, 0) is 39.9 Å². The third-order valence-corrected chi connectivity index (χ3v) is 3.28. The van der Waals surface area contributed by atoms with E-state index in [9.17, 15) is 4.79 Å². The van der Waals surface area contributed by atoms with Crippen molar-refractivity contribution in [1.29, 1.82) is 0 Å². The molecule has 1 aliphatic heterocycles. The van der Waals surface area contributed by atoms with Gasteiger partial charge in [0, 0.05) is 12.6 Å². The number of carbonyl (C=O) groups excluding carboxylic acids is 1. The van der Waals surface area contributed by atoms with Crippen LogP contribution < -0.4 is 10.6 Å². The number of nitrogens with one attached hydrogen (secondary N) is 2. The van der Waals surface area contributed by atoms with Gasteiger partial charge in [-0.1, -0.05) is 6.08 Å². The molecule has 0 bridgehead atoms. The van der Waals surface area contributed by atoms with Crippen LogP contribution in [-0.2, 0) is 4.79 Å². The summed E-state index contributed by atoms with van der Waals surface area (Å²) in [6, 6.07) is 0.360. The van der Waals surface area contributed by atoms with Gasteiger partial charge in [0.1, 0.15) is 6.04 Å². The Bertz CT molecular complexity index is 242. The summed E-state index contributed by atoms with van der Waals surface area (Å²) < 4.78 is 0. The molecule has 1 aliphatic rings. The largest absolute Gasteiger partial charge is 0.354 e. The van der Waals surface area contributed by atoms with Crippen LogP contribution >= 0.6 is 0 Å². The molecular weight excluding hydrogens is 202 g/mol. The van der Waals surface area contributed by atoms with Crippen LogP contribution in [-0.4, -0.2) is 50.1 Å². The fraction of sp³-hybridized carbons (Fsp3) is 0.750. The van der Waals surface area contributed by atoms with E-state index < -0.39 is 0 Å². The zero-order valence-corrected chi connectivity index (χ0v) is 10.3. The van der Waals surface area contributed by atoms with Gasteiger partial charge in [-0.25, -0.2) is 0 Å². The molecule has 1 fully saturated rings. The lowest BCUT2D eigenvalue weighted by molar-refractivity contribution is -0.121. The van der Waals surface area contributed by atoms with Crippen molar-refractivity contribution in [2.45, 2.75) is 31.3 Å². The standard InChI is InChI=1S/C12H23N3O/c1-4-11(13-2)12(16)14-8-7-10-6-5-9-15(10)3/h4,10-11,13H,1,5-9H2,2-3H3,(H,14,16)/t10?,11-/m1/s1. The fourth-order valence-electron chi connectivity index (χ4n) is 2.17. The van der Waals surface area contributed by atoms with E-state index in [2.05, 4.69) is 29.2 Å². The molecule has 0 radical (unpaired) electrons. The van der Waals surface area contributed by atoms with E-state index in [1.165, 1.54) is 19.4 Å². The molecule has 1 saturated heterocycles. The Morgan fingerprint density at radius 2 is 2.44 bits per heavy atom. The Labute approximate surface area is 98.1 Å². The maximum Gasteiger partial charge on any atom is 0.241 e. The first-order chi connectivity index (χ1) is 7.69. The number of hydrogen-bond donors (Lipinski definition) is 2. The van der Waals surface area contributed by atoms with Gasteiger partial charge in [-0.2, -0.15) is 0 Å². The average Bonchev–Trinajstić information content (AvgIpc) is 2.66. The van der Waals surface area contributed by atoms with Gasteiger partial charge in [0.05, 0.1) is 0 Å². The fourth-order valence-corrected chi connectivity index (χ4v) is 2.17. The highest BCUT2D eigenvalue weighted by Gasteiger charge is 2.20. The molecule has 1 unspecified atom stereocenters. The van der Waals surface area contributed by atoms with Crippen LogP contribution in [0.2, 0.25) is 0 Å². The highest BCUT2D eigenvalue weighted by atomic mass is 16.2. The number of rotatable bonds is 6. The summed E-state index contributed by atoms with van der Waals surface area (Å²) in [5.41, 5.74) is 0. The van der Waals surface area contributed by atoms with E-state index in [4.69, 9.17) is 0 Å². The highest BCUT2D eigenvalue weighted by Crippen LogP contribution is 2.16. The lowest BCUT2D eigenvalue weighted by Crippen LogP contribution is -2.42. The molecule has 0 aromatic rings. The van der Waals surface area contributed by atoms with Crippen molar-refractivity contribution in [1.82, 2.24) is 15.5 Å². The van der Waals surface area contributed by atoms with E-state index in [0.717, 1.165) is 13.0 Å². The van der Waals surface area contributed by atoms with Crippen molar-refractivity contribution in [2.75, 3.05) is 27.2 Å². The smallest absolute Gasteiger partial charge is 0.241 e. The first-order valence-electron chi connectivity index (χ1n) is 5.96. The van der Waals surface area contributed by atoms with Crippen LogP contribution in [0.5, 0.6) is 0 Å². The SMILES string of the molecule is C=C[C@@H](NC)C(=O)NCCC1CCCN1C. The molecule has 0 spiro atoms. The van der Waals surface area contributed by atoms with Crippen molar-refractivity contribution >= 4 is 5.91 Å². The van der Waals surface area contributed by atoms with Crippen LogP contribution in [0.25, 0.3) is 0 Å². The second-order valence-electron chi connectivity index (χ2n) is 4.36. The molecule has 2 N–H and O–H groups in total. The first-order valence-corrected chi connectivity index (χ1v) is 5.96. The minimum Gasteiger partial charge on any atom is -0.354 e. The summed E-state index contributed by atoms with van der Waals surface area (Å²) in [5.74, 6) is 0.0122. The summed E-state index contributed by atoms with van der Waals surface area (Å²) in [5, 5.41) is 5.83. The second-order valence-corrected chi connectivity index (χ2v) is 4.36. The van der Waals surface area contributed by atoms with Gasteiger partial charge in [-0.15, -0.1) is 6.58 Å². The molecule has 1 heterocycles. The molecule has 2 atom stereocenters. The van der Waals surface area contributed by atoms with Crippen LogP contribution in [0.1, 0.15) is 19.3 Å². The third kappa shape index (κ3) is 3.61. The maximum absolute atomic E-state index is 11.6. The monoisotopic (exact) mass is 225 g/mol. The number of carbonyl (C=O) groups is 1. The number of nitrogens with zero attached hydrogens (tertiary/aromatic N) is 1. The molecule has 1 rings (SSSR count). The summed E-state index contributed by atoms with van der Waals surface area (Å²) >= 11 is 0. The molecule has 0 aromatic heterocycles. The van der Waals surface area contributed by atoms with Crippen LogP contribution in [0.3, 0.4) is 0 Å². The van der Waals surface area contributed by atoms with E-state index in [-0.39, 0.29) is 11.9 Å². The van der Waals surface area contributed by atoms with Crippen molar-refractivity contribution < 1.29 is 4.79 Å². The zero-order chi connectivity index (χ0) is 12.0. The number of likely N-dealkylation sites (N-methyl/N-ethyl adjacent to an activating group) is 1. The minimum atomic E-state index is -0.277. The van der Waals surface area contributed by atoms with Gasteiger partial charge >= 0.3 is 0 Å². The summed E-state index contributed by atoms with van der Waals surface area (Å²) in [7, 11) is 3.91. The topological polar surface area (TPSA) is 44.4 Å². The second kappa shape index (κ2) is 6.66. The van der Waals surface area contributed by atoms with E-state index in [0.29, 0.717) is 6.04 Å². The van der Waals surface area contributed by atoms with Gasteiger partial charge in [0.25, 0.3) is 0 Å². The summed E-state index contributed by atoms with van der Waals surface area (Å²) in [6.07, 6.45) is 5.19. The Morgan fingerprint density at radius 3 is 2.94 bits per heavy atom. The molecule has 0 aromatic carbocycles. The van der Waals surface area contributed by atoms with E-state index in [1.54, 1.807) is 13.1 Å². The number of likely N-dealkylation sites (tertiary alicyclic amines) is 1. The molecular formula is C12H23N3O. The Kier molecular flexibility index (Phi) is 5.49. The quantitative estimate of drug-likeness (QED) is 0.642. The van der Waals surface area contributed by atoms with Crippen LogP contribution in [0.4, 0.5) is 0 Å². The molecule has 0 saturated carbocycles. The van der Waals surface area contributed by atoms with Gasteiger partial charge in [0.2, 0.25) is 5.91 Å². The number of amides is 1. The lowest BCUT2D eigenvalue weighted by atomic mass is 10.1.